The van der Waals surface area contributed by atoms with Crippen molar-refractivity contribution < 1.29 is 19.1 Å². The number of para-hydroxylation sites is 2. The number of hydrogen-bond donors (Lipinski definition) is 2. The summed E-state index contributed by atoms with van der Waals surface area (Å²) in [5.41, 5.74) is 2.94. The van der Waals surface area contributed by atoms with Gasteiger partial charge in [0.25, 0.3) is 11.8 Å². The molecule has 35 heavy (non-hydrogen) atoms. The van der Waals surface area contributed by atoms with Gasteiger partial charge < -0.3 is 29.9 Å². The third-order valence-electron chi connectivity index (χ3n) is 6.05. The van der Waals surface area contributed by atoms with Crippen LogP contribution in [0.15, 0.2) is 66.7 Å². The molecule has 0 aromatic heterocycles. The minimum absolute atomic E-state index is 0.286. The first-order valence-electron chi connectivity index (χ1n) is 11.5. The summed E-state index contributed by atoms with van der Waals surface area (Å²) in [7, 11) is 5.16. The third-order valence-corrected chi connectivity index (χ3v) is 6.05. The molecule has 0 unspecified atom stereocenters. The number of nitrogens with one attached hydrogen (secondary N) is 2. The maximum absolute atomic E-state index is 13.2. The maximum Gasteiger partial charge on any atom is 0.259 e. The number of methoxy groups -OCH3 is 2. The average molecular weight is 475 g/mol. The number of carbonyl (C=O) groups is 2. The van der Waals surface area contributed by atoms with E-state index in [0.717, 1.165) is 31.9 Å². The highest BCUT2D eigenvalue weighted by Crippen LogP contribution is 2.32. The summed E-state index contributed by atoms with van der Waals surface area (Å²) < 4.78 is 10.7. The predicted molar refractivity (Wildman–Crippen MR) is 138 cm³/mol. The van der Waals surface area contributed by atoms with Gasteiger partial charge in [-0.25, -0.2) is 0 Å². The van der Waals surface area contributed by atoms with E-state index in [2.05, 4.69) is 27.5 Å². The predicted octanol–water partition coefficient (Wildman–Crippen LogP) is 3.96. The molecule has 0 saturated carbocycles. The first-order chi connectivity index (χ1) is 17.0. The lowest BCUT2D eigenvalue weighted by Gasteiger charge is -2.35. The van der Waals surface area contributed by atoms with E-state index in [1.54, 1.807) is 42.5 Å². The molecule has 8 heteroatoms. The van der Waals surface area contributed by atoms with Crippen LogP contribution in [-0.4, -0.2) is 64.2 Å². The zero-order valence-electron chi connectivity index (χ0n) is 20.2. The van der Waals surface area contributed by atoms with E-state index in [4.69, 9.17) is 9.47 Å². The van der Waals surface area contributed by atoms with Crippen LogP contribution >= 0.6 is 0 Å². The second-order valence-corrected chi connectivity index (χ2v) is 8.33. The molecule has 3 aromatic rings. The number of likely N-dealkylation sites (N-methyl/N-ethyl adjacent to an activating group) is 1. The molecule has 0 bridgehead atoms. The molecule has 0 radical (unpaired) electrons. The van der Waals surface area contributed by atoms with Gasteiger partial charge in [0.2, 0.25) is 0 Å². The lowest BCUT2D eigenvalue weighted by molar-refractivity contribution is 0.101. The van der Waals surface area contributed by atoms with Gasteiger partial charge in [0.1, 0.15) is 11.5 Å². The largest absolute Gasteiger partial charge is 0.496 e. The molecule has 182 valence electrons. The molecular weight excluding hydrogens is 444 g/mol. The van der Waals surface area contributed by atoms with Crippen molar-refractivity contribution in [1.82, 2.24) is 4.90 Å². The van der Waals surface area contributed by atoms with Crippen LogP contribution < -0.4 is 25.0 Å². The first kappa shape index (κ1) is 24.1. The highest BCUT2D eigenvalue weighted by Gasteiger charge is 2.21. The van der Waals surface area contributed by atoms with E-state index in [9.17, 15) is 9.59 Å². The number of carbonyl (C=O) groups excluding carboxylic acids is 2. The van der Waals surface area contributed by atoms with E-state index in [0.29, 0.717) is 34.0 Å². The maximum atomic E-state index is 13.2. The molecule has 1 aliphatic heterocycles. The molecule has 2 N–H and O–H groups in total. The van der Waals surface area contributed by atoms with E-state index in [1.165, 1.54) is 14.2 Å². The lowest BCUT2D eigenvalue weighted by atomic mass is 10.1. The molecule has 0 aliphatic carbocycles. The van der Waals surface area contributed by atoms with E-state index < -0.39 is 0 Å². The smallest absolute Gasteiger partial charge is 0.259 e. The third kappa shape index (κ3) is 5.55. The Balaban J connectivity index is 1.64. The minimum Gasteiger partial charge on any atom is -0.496 e. The van der Waals surface area contributed by atoms with Crippen LogP contribution in [0.3, 0.4) is 0 Å². The van der Waals surface area contributed by atoms with Crippen molar-refractivity contribution in [3.8, 4) is 11.5 Å². The van der Waals surface area contributed by atoms with Crippen molar-refractivity contribution in [3.05, 3.63) is 77.9 Å². The molecule has 2 amide bonds. The van der Waals surface area contributed by atoms with Gasteiger partial charge in [-0.15, -0.1) is 0 Å². The second-order valence-electron chi connectivity index (χ2n) is 8.33. The van der Waals surface area contributed by atoms with Crippen LogP contribution in [0.25, 0.3) is 0 Å². The van der Waals surface area contributed by atoms with Crippen molar-refractivity contribution in [2.45, 2.75) is 0 Å². The van der Waals surface area contributed by atoms with Gasteiger partial charge >= 0.3 is 0 Å². The fraction of sp³-hybridized carbons (Fsp3) is 0.259. The van der Waals surface area contributed by atoms with Gasteiger partial charge in [0, 0.05) is 31.9 Å². The quantitative estimate of drug-likeness (QED) is 0.539. The number of piperazine rings is 1. The molecule has 1 aliphatic rings. The van der Waals surface area contributed by atoms with Crippen molar-refractivity contribution >= 4 is 28.9 Å². The highest BCUT2D eigenvalue weighted by atomic mass is 16.5. The number of ether oxygens (including phenoxy) is 2. The Morgan fingerprint density at radius 2 is 1.29 bits per heavy atom. The first-order valence-corrected chi connectivity index (χ1v) is 11.5. The van der Waals surface area contributed by atoms with Crippen LogP contribution in [-0.2, 0) is 0 Å². The number of anilines is 3. The van der Waals surface area contributed by atoms with E-state index >= 15 is 0 Å². The summed E-state index contributed by atoms with van der Waals surface area (Å²) in [6.07, 6.45) is 0. The zero-order valence-corrected chi connectivity index (χ0v) is 20.2. The molecule has 8 nitrogen and oxygen atoms in total. The number of amides is 2. The normalized spacial score (nSPS) is 13.7. The summed E-state index contributed by atoms with van der Waals surface area (Å²) in [6.45, 7) is 3.51. The van der Waals surface area contributed by atoms with Crippen LogP contribution in [0.2, 0.25) is 0 Å². The summed E-state index contributed by atoms with van der Waals surface area (Å²) >= 11 is 0. The Labute approximate surface area is 205 Å². The molecule has 1 heterocycles. The van der Waals surface area contributed by atoms with Crippen LogP contribution in [0, 0.1) is 0 Å². The number of nitrogens with zero attached hydrogens (tertiary/aromatic N) is 2. The molecule has 1 fully saturated rings. The molecular formula is C27H30N4O4. The summed E-state index contributed by atoms with van der Waals surface area (Å²) in [4.78, 5) is 30.7. The summed E-state index contributed by atoms with van der Waals surface area (Å²) in [5.74, 6) is 0.401. The van der Waals surface area contributed by atoms with E-state index in [1.807, 2.05) is 24.3 Å². The van der Waals surface area contributed by atoms with Gasteiger partial charge in [-0.1, -0.05) is 24.3 Å². The van der Waals surface area contributed by atoms with Crippen molar-refractivity contribution in [2.75, 3.05) is 63.0 Å². The van der Waals surface area contributed by atoms with Crippen LogP contribution in [0.1, 0.15) is 20.7 Å². The van der Waals surface area contributed by atoms with Crippen LogP contribution in [0.4, 0.5) is 17.1 Å². The average Bonchev–Trinajstić information content (AvgIpc) is 2.89. The molecule has 0 spiro atoms. The fourth-order valence-electron chi connectivity index (χ4n) is 4.09. The van der Waals surface area contributed by atoms with E-state index in [-0.39, 0.29) is 11.8 Å². The van der Waals surface area contributed by atoms with Crippen LogP contribution in [0.5, 0.6) is 11.5 Å². The van der Waals surface area contributed by atoms with Crippen molar-refractivity contribution in [3.63, 3.8) is 0 Å². The SMILES string of the molecule is COc1ccccc1C(=O)Nc1ccc(N2CCN(C)CC2)c(NC(=O)c2ccccc2OC)c1. The van der Waals surface area contributed by atoms with Gasteiger partial charge in [-0.3, -0.25) is 9.59 Å². The molecule has 3 aromatic carbocycles. The summed E-state index contributed by atoms with van der Waals surface area (Å²) in [6, 6.07) is 19.7. The molecule has 1 saturated heterocycles. The van der Waals surface area contributed by atoms with Crippen molar-refractivity contribution in [2.24, 2.45) is 0 Å². The Bertz CT molecular complexity index is 1210. The van der Waals surface area contributed by atoms with Gasteiger partial charge in [0.15, 0.2) is 0 Å². The Kier molecular flexibility index (Phi) is 7.52. The minimum atomic E-state index is -0.295. The second kappa shape index (κ2) is 10.9. The van der Waals surface area contributed by atoms with Gasteiger partial charge in [0.05, 0.1) is 36.7 Å². The molecule has 4 rings (SSSR count). The van der Waals surface area contributed by atoms with Gasteiger partial charge in [-0.2, -0.15) is 0 Å². The molecule has 0 atom stereocenters. The standard InChI is InChI=1S/C27H30N4O4/c1-30-14-16-31(17-15-30)23-13-12-19(28-26(32)20-8-4-6-10-24(20)34-2)18-22(23)29-27(33)21-9-5-7-11-25(21)35-3/h4-13,18H,14-17H2,1-3H3,(H,28,32)(H,29,33). The number of benzene rings is 3. The lowest BCUT2D eigenvalue weighted by Crippen LogP contribution is -2.44. The fourth-order valence-corrected chi connectivity index (χ4v) is 4.09. The topological polar surface area (TPSA) is 83.1 Å². The zero-order chi connectivity index (χ0) is 24.8. The number of hydrogen-bond acceptors (Lipinski definition) is 6. The Morgan fingerprint density at radius 1 is 0.743 bits per heavy atom. The Morgan fingerprint density at radius 3 is 1.86 bits per heavy atom. The monoisotopic (exact) mass is 474 g/mol. The number of rotatable bonds is 7. The Hall–Kier alpha value is -4.04. The highest BCUT2D eigenvalue weighted by molar-refractivity contribution is 6.09. The summed E-state index contributed by atoms with van der Waals surface area (Å²) in [5, 5.41) is 5.96. The van der Waals surface area contributed by atoms with Gasteiger partial charge in [-0.05, 0) is 49.5 Å². The van der Waals surface area contributed by atoms with Crippen molar-refractivity contribution in [1.29, 1.82) is 0 Å².